The van der Waals surface area contributed by atoms with Gasteiger partial charge in [-0.15, -0.1) is 0 Å². The average molecular weight is 320 g/mol. The third-order valence-electron chi connectivity index (χ3n) is 1.62. The summed E-state index contributed by atoms with van der Waals surface area (Å²) in [6.45, 7) is 3.38. The van der Waals surface area contributed by atoms with E-state index in [-0.39, 0.29) is 17.0 Å². The van der Waals surface area contributed by atoms with Crippen molar-refractivity contribution in [1.29, 1.82) is 0 Å². The largest absolute Gasteiger partial charge is 0.534 e. The summed E-state index contributed by atoms with van der Waals surface area (Å²) >= 11 is 5.67. The van der Waals surface area contributed by atoms with Gasteiger partial charge in [-0.25, -0.2) is 4.98 Å². The second kappa shape index (κ2) is 5.41. The standard InChI is InChI=1S/C9H9ClF3NO4S/c1-5(2)17-8-7(10)3-6(4-14-8)18-19(15,16)9(11,12)13/h3-5H,1-2H3. The number of alkyl halides is 3. The van der Waals surface area contributed by atoms with Crippen LogP contribution in [0.5, 0.6) is 11.6 Å². The zero-order chi connectivity index (χ0) is 14.8. The highest BCUT2D eigenvalue weighted by atomic mass is 35.5. The maximum atomic E-state index is 12.1. The molecule has 0 aliphatic carbocycles. The lowest BCUT2D eigenvalue weighted by molar-refractivity contribution is -0.0500. The Morgan fingerprint density at radius 3 is 2.37 bits per heavy atom. The fourth-order valence-corrected chi connectivity index (χ4v) is 1.58. The molecule has 1 aromatic rings. The molecular weight excluding hydrogens is 311 g/mol. The number of pyridine rings is 1. The van der Waals surface area contributed by atoms with E-state index in [0.29, 0.717) is 0 Å². The van der Waals surface area contributed by atoms with Crippen molar-refractivity contribution in [3.05, 3.63) is 17.3 Å². The molecule has 19 heavy (non-hydrogen) atoms. The van der Waals surface area contributed by atoms with Crippen LogP contribution in [-0.2, 0) is 10.1 Å². The molecule has 0 aliphatic rings. The summed E-state index contributed by atoms with van der Waals surface area (Å²) in [6, 6.07) is 0.871. The van der Waals surface area contributed by atoms with Crippen molar-refractivity contribution in [2.45, 2.75) is 25.5 Å². The van der Waals surface area contributed by atoms with Crippen molar-refractivity contribution in [3.8, 4) is 11.6 Å². The van der Waals surface area contributed by atoms with Gasteiger partial charge in [0.2, 0.25) is 5.88 Å². The number of aromatic nitrogens is 1. The minimum absolute atomic E-state index is 0.0339. The smallest absolute Gasteiger partial charge is 0.474 e. The van der Waals surface area contributed by atoms with E-state index >= 15 is 0 Å². The topological polar surface area (TPSA) is 65.5 Å². The molecule has 1 rings (SSSR count). The molecule has 0 aromatic carbocycles. The molecule has 0 bridgehead atoms. The van der Waals surface area contributed by atoms with Crippen molar-refractivity contribution in [2.24, 2.45) is 0 Å². The van der Waals surface area contributed by atoms with Gasteiger partial charge in [-0.05, 0) is 13.8 Å². The second-order valence-corrected chi connectivity index (χ2v) is 5.55. The van der Waals surface area contributed by atoms with Crippen LogP contribution in [0.3, 0.4) is 0 Å². The summed E-state index contributed by atoms with van der Waals surface area (Å²) in [7, 11) is -5.74. The zero-order valence-electron chi connectivity index (χ0n) is 9.73. The van der Waals surface area contributed by atoms with Crippen LogP contribution in [0.1, 0.15) is 13.8 Å². The predicted molar refractivity (Wildman–Crippen MR) is 60.6 cm³/mol. The highest BCUT2D eigenvalue weighted by Crippen LogP contribution is 2.30. The van der Waals surface area contributed by atoms with Crippen molar-refractivity contribution in [3.63, 3.8) is 0 Å². The Morgan fingerprint density at radius 1 is 1.37 bits per heavy atom. The number of ether oxygens (including phenoxy) is 1. The van der Waals surface area contributed by atoms with E-state index in [1.165, 1.54) is 0 Å². The third-order valence-corrected chi connectivity index (χ3v) is 2.87. The van der Waals surface area contributed by atoms with Gasteiger partial charge in [-0.3, -0.25) is 0 Å². The van der Waals surface area contributed by atoms with E-state index < -0.39 is 21.4 Å². The first-order valence-corrected chi connectivity index (χ1v) is 6.64. The van der Waals surface area contributed by atoms with E-state index in [1.807, 2.05) is 0 Å². The molecule has 108 valence electrons. The molecule has 0 fully saturated rings. The van der Waals surface area contributed by atoms with E-state index in [0.717, 1.165) is 12.3 Å². The lowest BCUT2D eigenvalue weighted by Crippen LogP contribution is -2.28. The van der Waals surface area contributed by atoms with Crippen LogP contribution in [-0.4, -0.2) is 25.0 Å². The van der Waals surface area contributed by atoms with Gasteiger partial charge in [0.05, 0.1) is 12.3 Å². The third kappa shape index (κ3) is 4.13. The SMILES string of the molecule is CC(C)Oc1ncc(OS(=O)(=O)C(F)(F)F)cc1Cl. The molecular formula is C9H9ClF3NO4S. The van der Waals surface area contributed by atoms with E-state index in [4.69, 9.17) is 16.3 Å². The van der Waals surface area contributed by atoms with Crippen LogP contribution in [0.15, 0.2) is 12.3 Å². The summed E-state index contributed by atoms with van der Waals surface area (Å²) in [4.78, 5) is 3.57. The molecule has 0 amide bonds. The number of hydrogen-bond donors (Lipinski definition) is 0. The van der Waals surface area contributed by atoms with Crippen molar-refractivity contribution in [2.75, 3.05) is 0 Å². The molecule has 0 radical (unpaired) electrons. The van der Waals surface area contributed by atoms with Gasteiger partial charge in [-0.1, -0.05) is 11.6 Å². The summed E-state index contributed by atoms with van der Waals surface area (Å²) in [5, 5.41) is -0.163. The van der Waals surface area contributed by atoms with Crippen LogP contribution in [0.2, 0.25) is 5.02 Å². The minimum atomic E-state index is -5.74. The van der Waals surface area contributed by atoms with Crippen LogP contribution >= 0.6 is 11.6 Å². The molecule has 0 atom stereocenters. The van der Waals surface area contributed by atoms with Gasteiger partial charge in [0.25, 0.3) is 0 Å². The van der Waals surface area contributed by atoms with Crippen molar-refractivity contribution < 1.29 is 30.5 Å². The Balaban J connectivity index is 2.97. The van der Waals surface area contributed by atoms with E-state index in [9.17, 15) is 21.6 Å². The maximum Gasteiger partial charge on any atom is 0.534 e. The van der Waals surface area contributed by atoms with Crippen LogP contribution in [0, 0.1) is 0 Å². The lowest BCUT2D eigenvalue weighted by atomic mass is 10.4. The first kappa shape index (κ1) is 15.8. The molecule has 1 heterocycles. The molecule has 5 nitrogen and oxygen atoms in total. The fourth-order valence-electron chi connectivity index (χ4n) is 0.937. The molecule has 0 N–H and O–H groups in total. The predicted octanol–water partition coefficient (Wildman–Crippen LogP) is 2.75. The molecule has 0 unspecified atom stereocenters. The molecule has 10 heteroatoms. The molecule has 0 aliphatic heterocycles. The number of nitrogens with zero attached hydrogens (tertiary/aromatic N) is 1. The Morgan fingerprint density at radius 2 is 1.95 bits per heavy atom. The normalized spacial score (nSPS) is 12.6. The lowest BCUT2D eigenvalue weighted by Gasteiger charge is -2.12. The number of halogens is 4. The fraction of sp³-hybridized carbons (Fsp3) is 0.444. The zero-order valence-corrected chi connectivity index (χ0v) is 11.3. The molecule has 0 saturated carbocycles. The van der Waals surface area contributed by atoms with E-state index in [2.05, 4.69) is 9.17 Å². The second-order valence-electron chi connectivity index (χ2n) is 3.61. The Bertz CT molecular complexity index is 559. The van der Waals surface area contributed by atoms with Crippen molar-refractivity contribution >= 4 is 21.7 Å². The Labute approximate surface area is 112 Å². The molecule has 1 aromatic heterocycles. The van der Waals surface area contributed by atoms with Crippen LogP contribution in [0.25, 0.3) is 0 Å². The van der Waals surface area contributed by atoms with Gasteiger partial charge < -0.3 is 8.92 Å². The average Bonchev–Trinajstić information content (AvgIpc) is 2.19. The maximum absolute atomic E-state index is 12.1. The molecule has 0 saturated heterocycles. The summed E-state index contributed by atoms with van der Waals surface area (Å²) in [6.07, 6.45) is 0.517. The van der Waals surface area contributed by atoms with Gasteiger partial charge in [-0.2, -0.15) is 21.6 Å². The van der Waals surface area contributed by atoms with E-state index in [1.54, 1.807) is 13.8 Å². The van der Waals surface area contributed by atoms with Crippen LogP contribution in [0.4, 0.5) is 13.2 Å². The van der Waals surface area contributed by atoms with Gasteiger partial charge in [0.1, 0.15) is 5.02 Å². The Kier molecular flexibility index (Phi) is 4.51. The Hall–Kier alpha value is -1.22. The highest BCUT2D eigenvalue weighted by molar-refractivity contribution is 7.87. The highest BCUT2D eigenvalue weighted by Gasteiger charge is 2.48. The first-order chi connectivity index (χ1) is 8.53. The summed E-state index contributed by atoms with van der Waals surface area (Å²) < 4.78 is 66.7. The summed E-state index contributed by atoms with van der Waals surface area (Å²) in [5.41, 5.74) is -5.52. The van der Waals surface area contributed by atoms with Crippen LogP contribution < -0.4 is 8.92 Å². The van der Waals surface area contributed by atoms with Gasteiger partial charge >= 0.3 is 15.6 Å². The number of rotatable bonds is 4. The van der Waals surface area contributed by atoms with Crippen molar-refractivity contribution in [1.82, 2.24) is 4.98 Å². The summed E-state index contributed by atoms with van der Waals surface area (Å²) in [5.74, 6) is -0.688. The number of hydrogen-bond acceptors (Lipinski definition) is 5. The monoisotopic (exact) mass is 319 g/mol. The molecule has 0 spiro atoms. The van der Waals surface area contributed by atoms with Gasteiger partial charge in [0.15, 0.2) is 5.75 Å². The minimum Gasteiger partial charge on any atom is -0.474 e. The van der Waals surface area contributed by atoms with Gasteiger partial charge in [0, 0.05) is 6.07 Å². The quantitative estimate of drug-likeness (QED) is 0.630. The first-order valence-electron chi connectivity index (χ1n) is 4.86.